The Balaban J connectivity index is 1.44. The number of aryl methyl sites for hydroxylation is 1. The molecule has 4 heteroatoms. The SMILES string of the molecule is CN1c2ccccc2N(C)c2cc3c(cc21)c1cc2c(cc1n3C)C(C)(C)c1ccccc1N2c1ccccc1. The molecular weight excluding hydrogens is 488 g/mol. The lowest BCUT2D eigenvalue weighted by Gasteiger charge is -2.42. The van der Waals surface area contributed by atoms with Crippen LogP contribution in [0.3, 0.4) is 0 Å². The maximum atomic E-state index is 2.45. The molecule has 3 heterocycles. The highest BCUT2D eigenvalue weighted by Crippen LogP contribution is 2.54. The summed E-state index contributed by atoms with van der Waals surface area (Å²) >= 11 is 0. The number of hydrogen-bond donors (Lipinski definition) is 0. The van der Waals surface area contributed by atoms with Gasteiger partial charge in [0, 0.05) is 48.5 Å². The molecule has 0 radical (unpaired) electrons. The molecule has 0 atom stereocenters. The van der Waals surface area contributed by atoms with Crippen molar-refractivity contribution in [3.05, 3.63) is 114 Å². The summed E-state index contributed by atoms with van der Waals surface area (Å²) in [7, 11) is 6.57. The maximum Gasteiger partial charge on any atom is 0.0671 e. The largest absolute Gasteiger partial charge is 0.344 e. The Morgan fingerprint density at radius 1 is 0.475 bits per heavy atom. The molecule has 8 rings (SSSR count). The van der Waals surface area contributed by atoms with Gasteiger partial charge >= 0.3 is 0 Å². The average molecular weight is 521 g/mol. The van der Waals surface area contributed by atoms with E-state index in [9.17, 15) is 0 Å². The third-order valence-corrected chi connectivity index (χ3v) is 9.29. The van der Waals surface area contributed by atoms with E-state index in [1.807, 2.05) is 0 Å². The van der Waals surface area contributed by atoms with Gasteiger partial charge in [-0.05, 0) is 65.7 Å². The Kier molecular flexibility index (Phi) is 4.60. The predicted octanol–water partition coefficient (Wildman–Crippen LogP) is 9.29. The molecule has 0 unspecified atom stereocenters. The lowest BCUT2D eigenvalue weighted by atomic mass is 9.73. The molecule has 1 aromatic heterocycles. The van der Waals surface area contributed by atoms with Gasteiger partial charge in [-0.25, -0.2) is 0 Å². The van der Waals surface area contributed by atoms with E-state index in [1.165, 1.54) is 72.7 Å². The molecule has 4 nitrogen and oxygen atoms in total. The lowest BCUT2D eigenvalue weighted by molar-refractivity contribution is 0.632. The van der Waals surface area contributed by atoms with Crippen LogP contribution >= 0.6 is 0 Å². The molecule has 5 aromatic carbocycles. The van der Waals surface area contributed by atoms with Crippen molar-refractivity contribution >= 4 is 61.6 Å². The first-order valence-electron chi connectivity index (χ1n) is 14.0. The zero-order valence-electron chi connectivity index (χ0n) is 23.6. The minimum Gasteiger partial charge on any atom is -0.344 e. The van der Waals surface area contributed by atoms with Gasteiger partial charge in [0.25, 0.3) is 0 Å². The summed E-state index contributed by atoms with van der Waals surface area (Å²) in [6.07, 6.45) is 0. The normalized spacial score (nSPS) is 15.2. The lowest BCUT2D eigenvalue weighted by Crippen LogP contribution is -2.30. The number of rotatable bonds is 1. The van der Waals surface area contributed by atoms with Gasteiger partial charge in [-0.1, -0.05) is 62.4 Å². The third-order valence-electron chi connectivity index (χ3n) is 9.29. The molecule has 0 amide bonds. The highest BCUT2D eigenvalue weighted by molar-refractivity contribution is 6.14. The summed E-state index contributed by atoms with van der Waals surface area (Å²) in [4.78, 5) is 7.10. The molecule has 2 aliphatic heterocycles. The number of hydrogen-bond acceptors (Lipinski definition) is 3. The molecule has 6 aromatic rings. The van der Waals surface area contributed by atoms with Crippen molar-refractivity contribution < 1.29 is 0 Å². The average Bonchev–Trinajstić information content (AvgIpc) is 3.25. The molecular formula is C36H32N4. The van der Waals surface area contributed by atoms with Crippen LogP contribution in [-0.4, -0.2) is 18.7 Å². The summed E-state index contributed by atoms with van der Waals surface area (Å²) in [5, 5.41) is 2.56. The van der Waals surface area contributed by atoms with Gasteiger partial charge in [0.05, 0.1) is 39.6 Å². The smallest absolute Gasteiger partial charge is 0.0671 e. The minimum atomic E-state index is -0.136. The van der Waals surface area contributed by atoms with Crippen LogP contribution < -0.4 is 14.7 Å². The van der Waals surface area contributed by atoms with Crippen LogP contribution in [0.25, 0.3) is 21.8 Å². The van der Waals surface area contributed by atoms with E-state index in [0.29, 0.717) is 0 Å². The molecule has 0 bridgehead atoms. The molecule has 0 N–H and O–H groups in total. The fourth-order valence-corrected chi connectivity index (χ4v) is 7.10. The summed E-state index contributed by atoms with van der Waals surface area (Å²) in [6.45, 7) is 4.72. The molecule has 2 aliphatic rings. The molecule has 196 valence electrons. The van der Waals surface area contributed by atoms with Gasteiger partial charge < -0.3 is 19.3 Å². The van der Waals surface area contributed by atoms with Crippen LogP contribution in [-0.2, 0) is 12.5 Å². The topological polar surface area (TPSA) is 14.7 Å². The first-order chi connectivity index (χ1) is 19.4. The molecule has 0 saturated carbocycles. The number of nitrogens with zero attached hydrogens (tertiary/aromatic N) is 4. The van der Waals surface area contributed by atoms with Crippen molar-refractivity contribution in [3.8, 4) is 0 Å². The second-order valence-electron chi connectivity index (χ2n) is 11.7. The second kappa shape index (κ2) is 7.92. The molecule has 0 spiro atoms. The number of para-hydroxylation sites is 4. The number of fused-ring (bicyclic) bond motifs is 7. The molecule has 0 fully saturated rings. The number of anilines is 7. The van der Waals surface area contributed by atoms with Crippen molar-refractivity contribution in [2.75, 3.05) is 28.8 Å². The van der Waals surface area contributed by atoms with E-state index in [1.54, 1.807) is 0 Å². The highest BCUT2D eigenvalue weighted by atomic mass is 15.2. The van der Waals surface area contributed by atoms with E-state index in [0.717, 1.165) is 0 Å². The van der Waals surface area contributed by atoms with Gasteiger partial charge in [-0.3, -0.25) is 0 Å². The first kappa shape index (κ1) is 23.2. The zero-order chi connectivity index (χ0) is 27.3. The standard InChI is InChI=1S/C36H32N4/c1-36(2)26-15-9-10-16-28(26)40(23-13-7-6-8-14-23)33-19-24-25-20-34-35(22-32(25)39(5)31(24)21-27(33)36)38(4)30-18-12-11-17-29(30)37(34)3/h6-22H,1-5H3. The van der Waals surface area contributed by atoms with Gasteiger partial charge in [0.2, 0.25) is 0 Å². The van der Waals surface area contributed by atoms with Crippen LogP contribution in [0.15, 0.2) is 103 Å². The minimum absolute atomic E-state index is 0.136. The molecule has 0 saturated heterocycles. The third kappa shape index (κ3) is 2.91. The van der Waals surface area contributed by atoms with E-state index in [2.05, 4.69) is 157 Å². The summed E-state index contributed by atoms with van der Waals surface area (Å²) in [5.74, 6) is 0. The van der Waals surface area contributed by atoms with Gasteiger partial charge in [-0.15, -0.1) is 0 Å². The zero-order valence-corrected chi connectivity index (χ0v) is 23.6. The highest BCUT2D eigenvalue weighted by Gasteiger charge is 2.37. The van der Waals surface area contributed by atoms with Gasteiger partial charge in [-0.2, -0.15) is 0 Å². The Morgan fingerprint density at radius 2 is 1.00 bits per heavy atom. The summed E-state index contributed by atoms with van der Waals surface area (Å²) in [6, 6.07) is 37.9. The Hall–Kier alpha value is -4.70. The van der Waals surface area contributed by atoms with Gasteiger partial charge in [0.1, 0.15) is 0 Å². The van der Waals surface area contributed by atoms with E-state index in [-0.39, 0.29) is 5.41 Å². The fraction of sp³-hybridized carbons (Fsp3) is 0.167. The van der Waals surface area contributed by atoms with Crippen LogP contribution in [0.1, 0.15) is 25.0 Å². The van der Waals surface area contributed by atoms with Crippen molar-refractivity contribution in [3.63, 3.8) is 0 Å². The van der Waals surface area contributed by atoms with Crippen LogP contribution in [0.5, 0.6) is 0 Å². The van der Waals surface area contributed by atoms with Crippen LogP contribution in [0.2, 0.25) is 0 Å². The summed E-state index contributed by atoms with van der Waals surface area (Å²) < 4.78 is 2.38. The Labute approximate surface area is 235 Å². The van der Waals surface area contributed by atoms with Crippen molar-refractivity contribution in [1.29, 1.82) is 0 Å². The van der Waals surface area contributed by atoms with Crippen LogP contribution in [0, 0.1) is 0 Å². The number of benzene rings is 5. The first-order valence-corrected chi connectivity index (χ1v) is 14.0. The van der Waals surface area contributed by atoms with Crippen molar-refractivity contribution in [2.45, 2.75) is 19.3 Å². The monoisotopic (exact) mass is 520 g/mol. The predicted molar refractivity (Wildman–Crippen MR) is 170 cm³/mol. The van der Waals surface area contributed by atoms with E-state index < -0.39 is 0 Å². The molecule has 40 heavy (non-hydrogen) atoms. The van der Waals surface area contributed by atoms with Crippen molar-refractivity contribution in [2.24, 2.45) is 7.05 Å². The Bertz CT molecular complexity index is 1980. The van der Waals surface area contributed by atoms with E-state index >= 15 is 0 Å². The van der Waals surface area contributed by atoms with E-state index in [4.69, 9.17) is 0 Å². The fourth-order valence-electron chi connectivity index (χ4n) is 7.10. The molecule has 0 aliphatic carbocycles. The van der Waals surface area contributed by atoms with Gasteiger partial charge in [0.15, 0.2) is 0 Å². The second-order valence-corrected chi connectivity index (χ2v) is 11.7. The maximum absolute atomic E-state index is 2.45. The number of aromatic nitrogens is 1. The summed E-state index contributed by atoms with van der Waals surface area (Å²) in [5.41, 5.74) is 13.7. The van der Waals surface area contributed by atoms with Crippen LogP contribution in [0.4, 0.5) is 39.8 Å². The Morgan fingerprint density at radius 3 is 1.68 bits per heavy atom. The van der Waals surface area contributed by atoms with Crippen molar-refractivity contribution in [1.82, 2.24) is 4.57 Å². The quantitative estimate of drug-likeness (QED) is 0.215.